The molecule has 1 aromatic carbocycles. The van der Waals surface area contributed by atoms with Gasteiger partial charge in [-0.3, -0.25) is 0 Å². The fourth-order valence-electron chi connectivity index (χ4n) is 1.36. The summed E-state index contributed by atoms with van der Waals surface area (Å²) >= 11 is 3.40. The van der Waals surface area contributed by atoms with Gasteiger partial charge in [0.1, 0.15) is 5.75 Å². The topological polar surface area (TPSA) is 60.2 Å². The van der Waals surface area contributed by atoms with E-state index in [4.69, 9.17) is 9.15 Å². The molecule has 1 N–H and O–H groups in total. The Kier molecular flexibility index (Phi) is 3.63. The van der Waals surface area contributed by atoms with Crippen LogP contribution in [0.5, 0.6) is 5.75 Å². The standard InChI is InChI=1S/C11H12BrN3O2/c1-7-14-15-11(17-7)6-13-8-3-4-9(12)10(5-8)16-2/h3-5,13H,6H2,1-2H3. The lowest BCUT2D eigenvalue weighted by molar-refractivity contribution is 0.412. The first kappa shape index (κ1) is 11.9. The van der Waals surface area contributed by atoms with Crippen LogP contribution in [0.15, 0.2) is 27.1 Å². The van der Waals surface area contributed by atoms with Gasteiger partial charge in [-0.1, -0.05) is 0 Å². The van der Waals surface area contributed by atoms with Crippen molar-refractivity contribution in [3.8, 4) is 5.75 Å². The molecule has 90 valence electrons. The van der Waals surface area contributed by atoms with Crippen molar-refractivity contribution < 1.29 is 9.15 Å². The Labute approximate surface area is 107 Å². The Bertz CT molecular complexity index is 513. The van der Waals surface area contributed by atoms with Crippen LogP contribution in [-0.2, 0) is 6.54 Å². The summed E-state index contributed by atoms with van der Waals surface area (Å²) in [6.45, 7) is 2.25. The number of hydrogen-bond acceptors (Lipinski definition) is 5. The lowest BCUT2D eigenvalue weighted by Crippen LogP contribution is -2.00. The second-order valence-electron chi connectivity index (χ2n) is 3.42. The van der Waals surface area contributed by atoms with E-state index >= 15 is 0 Å². The van der Waals surface area contributed by atoms with Gasteiger partial charge in [-0.15, -0.1) is 10.2 Å². The van der Waals surface area contributed by atoms with Crippen LogP contribution in [-0.4, -0.2) is 17.3 Å². The van der Waals surface area contributed by atoms with Crippen molar-refractivity contribution >= 4 is 21.6 Å². The lowest BCUT2D eigenvalue weighted by atomic mass is 10.3. The van der Waals surface area contributed by atoms with Gasteiger partial charge in [0.05, 0.1) is 18.1 Å². The van der Waals surface area contributed by atoms with E-state index in [1.54, 1.807) is 14.0 Å². The Balaban J connectivity index is 2.04. The summed E-state index contributed by atoms with van der Waals surface area (Å²) in [6.07, 6.45) is 0. The van der Waals surface area contributed by atoms with Crippen LogP contribution >= 0.6 is 15.9 Å². The maximum atomic E-state index is 5.26. The van der Waals surface area contributed by atoms with E-state index in [0.29, 0.717) is 18.3 Å². The molecule has 0 atom stereocenters. The monoisotopic (exact) mass is 297 g/mol. The minimum atomic E-state index is 0.492. The maximum Gasteiger partial charge on any atom is 0.235 e. The summed E-state index contributed by atoms with van der Waals surface area (Å²) in [7, 11) is 1.63. The van der Waals surface area contributed by atoms with E-state index in [0.717, 1.165) is 15.9 Å². The smallest absolute Gasteiger partial charge is 0.235 e. The number of halogens is 1. The number of aryl methyl sites for hydroxylation is 1. The van der Waals surface area contributed by atoms with Gasteiger partial charge in [-0.05, 0) is 28.1 Å². The average Bonchev–Trinajstić information content (AvgIpc) is 2.74. The van der Waals surface area contributed by atoms with Crippen molar-refractivity contribution in [1.29, 1.82) is 0 Å². The second kappa shape index (κ2) is 5.18. The predicted octanol–water partition coefficient (Wildman–Crippen LogP) is 2.76. The summed E-state index contributed by atoms with van der Waals surface area (Å²) in [5, 5.41) is 10.8. The van der Waals surface area contributed by atoms with Gasteiger partial charge in [0.25, 0.3) is 0 Å². The first-order valence-corrected chi connectivity index (χ1v) is 5.84. The van der Waals surface area contributed by atoms with Crippen LogP contribution < -0.4 is 10.1 Å². The van der Waals surface area contributed by atoms with Crippen LogP contribution in [0, 0.1) is 6.92 Å². The highest BCUT2D eigenvalue weighted by atomic mass is 79.9. The molecule has 0 bridgehead atoms. The number of methoxy groups -OCH3 is 1. The Morgan fingerprint density at radius 3 is 2.88 bits per heavy atom. The molecule has 2 aromatic rings. The van der Waals surface area contributed by atoms with E-state index in [2.05, 4.69) is 31.4 Å². The summed E-state index contributed by atoms with van der Waals surface area (Å²) in [6, 6.07) is 5.75. The number of nitrogens with one attached hydrogen (secondary N) is 1. The van der Waals surface area contributed by atoms with E-state index in [9.17, 15) is 0 Å². The van der Waals surface area contributed by atoms with Gasteiger partial charge in [-0.2, -0.15) is 0 Å². The highest BCUT2D eigenvalue weighted by molar-refractivity contribution is 9.10. The molecule has 0 saturated heterocycles. The Morgan fingerprint density at radius 2 is 2.24 bits per heavy atom. The van der Waals surface area contributed by atoms with Crippen molar-refractivity contribution in [2.75, 3.05) is 12.4 Å². The zero-order valence-electron chi connectivity index (χ0n) is 9.53. The molecular weight excluding hydrogens is 286 g/mol. The number of anilines is 1. The molecule has 6 heteroatoms. The molecule has 0 saturated carbocycles. The number of benzene rings is 1. The minimum Gasteiger partial charge on any atom is -0.495 e. The molecule has 0 aliphatic carbocycles. The number of nitrogens with zero attached hydrogens (tertiary/aromatic N) is 2. The third kappa shape index (κ3) is 2.97. The fraction of sp³-hybridized carbons (Fsp3) is 0.273. The van der Waals surface area contributed by atoms with E-state index in [1.807, 2.05) is 18.2 Å². The van der Waals surface area contributed by atoms with Crippen LogP contribution in [0.4, 0.5) is 5.69 Å². The SMILES string of the molecule is COc1cc(NCc2nnc(C)o2)ccc1Br. The molecule has 17 heavy (non-hydrogen) atoms. The van der Waals surface area contributed by atoms with Crippen molar-refractivity contribution in [3.63, 3.8) is 0 Å². The van der Waals surface area contributed by atoms with Crippen molar-refractivity contribution in [2.45, 2.75) is 13.5 Å². The van der Waals surface area contributed by atoms with Crippen LogP contribution in [0.3, 0.4) is 0 Å². The van der Waals surface area contributed by atoms with E-state index in [-0.39, 0.29) is 0 Å². The average molecular weight is 298 g/mol. The molecule has 0 amide bonds. The number of ether oxygens (including phenoxy) is 1. The first-order valence-electron chi connectivity index (χ1n) is 5.05. The van der Waals surface area contributed by atoms with Gasteiger partial charge >= 0.3 is 0 Å². The van der Waals surface area contributed by atoms with Crippen molar-refractivity contribution in [3.05, 3.63) is 34.5 Å². The fourth-order valence-corrected chi connectivity index (χ4v) is 1.76. The van der Waals surface area contributed by atoms with Gasteiger partial charge in [-0.25, -0.2) is 0 Å². The zero-order chi connectivity index (χ0) is 12.3. The molecule has 2 rings (SSSR count). The largest absolute Gasteiger partial charge is 0.495 e. The minimum absolute atomic E-state index is 0.492. The normalized spacial score (nSPS) is 10.3. The van der Waals surface area contributed by atoms with Gasteiger partial charge in [0, 0.05) is 18.7 Å². The highest BCUT2D eigenvalue weighted by Gasteiger charge is 2.04. The Hall–Kier alpha value is -1.56. The molecule has 0 fully saturated rings. The maximum absolute atomic E-state index is 5.26. The van der Waals surface area contributed by atoms with Crippen molar-refractivity contribution in [2.24, 2.45) is 0 Å². The number of aromatic nitrogens is 2. The lowest BCUT2D eigenvalue weighted by Gasteiger charge is -2.07. The molecule has 0 aliphatic rings. The molecule has 1 aromatic heterocycles. The number of rotatable bonds is 4. The summed E-state index contributed by atoms with van der Waals surface area (Å²) < 4.78 is 11.4. The summed E-state index contributed by atoms with van der Waals surface area (Å²) in [4.78, 5) is 0. The molecule has 0 unspecified atom stereocenters. The summed E-state index contributed by atoms with van der Waals surface area (Å²) in [5.41, 5.74) is 0.931. The third-order valence-corrected chi connectivity index (χ3v) is 2.82. The van der Waals surface area contributed by atoms with Crippen LogP contribution in [0.1, 0.15) is 11.8 Å². The predicted molar refractivity (Wildman–Crippen MR) is 67.1 cm³/mol. The van der Waals surface area contributed by atoms with Crippen LogP contribution in [0.25, 0.3) is 0 Å². The molecule has 5 nitrogen and oxygen atoms in total. The van der Waals surface area contributed by atoms with Gasteiger partial charge in [0.15, 0.2) is 0 Å². The van der Waals surface area contributed by atoms with Gasteiger partial charge < -0.3 is 14.5 Å². The quantitative estimate of drug-likeness (QED) is 0.940. The van der Waals surface area contributed by atoms with E-state index in [1.165, 1.54) is 0 Å². The first-order chi connectivity index (χ1) is 8.19. The third-order valence-electron chi connectivity index (χ3n) is 2.16. The highest BCUT2D eigenvalue weighted by Crippen LogP contribution is 2.27. The zero-order valence-corrected chi connectivity index (χ0v) is 11.1. The van der Waals surface area contributed by atoms with Gasteiger partial charge in [0.2, 0.25) is 11.8 Å². The van der Waals surface area contributed by atoms with Crippen molar-refractivity contribution in [1.82, 2.24) is 10.2 Å². The van der Waals surface area contributed by atoms with Crippen LogP contribution in [0.2, 0.25) is 0 Å². The molecule has 0 spiro atoms. The molecular formula is C11H12BrN3O2. The number of hydrogen-bond donors (Lipinski definition) is 1. The Morgan fingerprint density at radius 1 is 1.41 bits per heavy atom. The molecule has 1 heterocycles. The second-order valence-corrected chi connectivity index (χ2v) is 4.27. The molecule has 0 aliphatic heterocycles. The van der Waals surface area contributed by atoms with E-state index < -0.39 is 0 Å². The summed E-state index contributed by atoms with van der Waals surface area (Å²) in [5.74, 6) is 1.90. The molecule has 0 radical (unpaired) electrons.